The van der Waals surface area contributed by atoms with Gasteiger partial charge in [0.25, 0.3) is 5.91 Å². The lowest BCUT2D eigenvalue weighted by Crippen LogP contribution is -2.24. The molecule has 7 rings (SSSR count). The minimum Gasteiger partial charge on any atom is -0.370 e. The van der Waals surface area contributed by atoms with E-state index in [1.54, 1.807) is 41.2 Å². The molecular formula is C34H33F3N8O. The summed E-state index contributed by atoms with van der Waals surface area (Å²) in [5.74, 6) is 0.726. The minimum atomic E-state index is -4.62. The SMILES string of the molecule is CCCNc1cc(-c2cc(C#N)ccc2-c2nncn2C)cc(N2Cc3c(cc(CN4CCC5(CC5)C4)cc3C(F)(F)F)C2=O)n1. The highest BCUT2D eigenvalue weighted by Gasteiger charge is 2.47. The molecule has 4 heterocycles. The number of nitrogens with one attached hydrogen (secondary N) is 1. The van der Waals surface area contributed by atoms with Crippen molar-refractivity contribution >= 4 is 17.5 Å². The van der Waals surface area contributed by atoms with Crippen LogP contribution in [0, 0.1) is 16.7 Å². The number of benzene rings is 2. The number of hydrogen-bond donors (Lipinski definition) is 1. The molecule has 0 unspecified atom stereocenters. The molecule has 4 aromatic rings. The second-order valence-electron chi connectivity index (χ2n) is 12.7. The van der Waals surface area contributed by atoms with Gasteiger partial charge < -0.3 is 9.88 Å². The Labute approximate surface area is 264 Å². The summed E-state index contributed by atoms with van der Waals surface area (Å²) in [6.45, 7) is 4.46. The van der Waals surface area contributed by atoms with E-state index in [2.05, 4.69) is 26.5 Å². The third-order valence-electron chi connectivity index (χ3n) is 9.34. The van der Waals surface area contributed by atoms with Crippen LogP contribution in [0.1, 0.15) is 65.2 Å². The summed E-state index contributed by atoms with van der Waals surface area (Å²) < 4.78 is 45.2. The van der Waals surface area contributed by atoms with E-state index in [1.807, 2.05) is 20.0 Å². The number of pyridine rings is 1. The molecule has 1 spiro atoms. The van der Waals surface area contributed by atoms with Crippen molar-refractivity contribution in [3.63, 3.8) is 0 Å². The zero-order valence-electron chi connectivity index (χ0n) is 25.7. The van der Waals surface area contributed by atoms with E-state index < -0.39 is 17.6 Å². The normalized spacial score (nSPS) is 17.0. The molecule has 2 fully saturated rings. The number of carbonyl (C=O) groups is 1. The molecular weight excluding hydrogens is 593 g/mol. The maximum Gasteiger partial charge on any atom is 0.416 e. The number of hydrogen-bond acceptors (Lipinski definition) is 7. The number of rotatable bonds is 8. The van der Waals surface area contributed by atoms with Crippen LogP contribution < -0.4 is 10.2 Å². The lowest BCUT2D eigenvalue weighted by atomic mass is 9.97. The Morgan fingerprint density at radius 2 is 1.89 bits per heavy atom. The molecule has 1 aliphatic carbocycles. The predicted molar refractivity (Wildman–Crippen MR) is 167 cm³/mol. The van der Waals surface area contributed by atoms with Gasteiger partial charge in [-0.3, -0.25) is 14.6 Å². The molecule has 1 saturated carbocycles. The van der Waals surface area contributed by atoms with Gasteiger partial charge in [0.05, 0.1) is 23.7 Å². The molecule has 1 saturated heterocycles. The number of likely N-dealkylation sites (tertiary alicyclic amines) is 1. The number of amides is 1. The highest BCUT2D eigenvalue weighted by Crippen LogP contribution is 2.53. The van der Waals surface area contributed by atoms with Crippen molar-refractivity contribution in [1.82, 2.24) is 24.6 Å². The van der Waals surface area contributed by atoms with Gasteiger partial charge in [0, 0.05) is 37.8 Å². The topological polar surface area (TPSA) is 103 Å². The number of anilines is 2. The van der Waals surface area contributed by atoms with Crippen molar-refractivity contribution in [3.05, 3.63) is 76.6 Å². The van der Waals surface area contributed by atoms with Crippen molar-refractivity contribution in [2.75, 3.05) is 29.9 Å². The van der Waals surface area contributed by atoms with Crippen molar-refractivity contribution in [2.24, 2.45) is 12.5 Å². The first-order chi connectivity index (χ1) is 22.1. The fourth-order valence-corrected chi connectivity index (χ4v) is 6.73. The Morgan fingerprint density at radius 3 is 2.57 bits per heavy atom. The van der Waals surface area contributed by atoms with Gasteiger partial charge in [0.15, 0.2) is 5.82 Å². The van der Waals surface area contributed by atoms with Crippen molar-refractivity contribution in [2.45, 2.75) is 51.9 Å². The molecule has 1 amide bonds. The van der Waals surface area contributed by atoms with Crippen LogP contribution in [0.25, 0.3) is 22.5 Å². The zero-order valence-corrected chi connectivity index (χ0v) is 25.7. The molecule has 9 nitrogen and oxygen atoms in total. The second-order valence-corrected chi connectivity index (χ2v) is 12.7. The number of halogens is 3. The first-order valence-electron chi connectivity index (χ1n) is 15.5. The number of carbonyl (C=O) groups excluding carboxylic acids is 1. The summed E-state index contributed by atoms with van der Waals surface area (Å²) in [5, 5.41) is 21.2. The third-order valence-corrected chi connectivity index (χ3v) is 9.34. The summed E-state index contributed by atoms with van der Waals surface area (Å²) in [5.41, 5.74) is 2.48. The average Bonchev–Trinajstić information content (AvgIpc) is 3.29. The maximum absolute atomic E-state index is 14.5. The molecule has 2 aromatic carbocycles. The van der Waals surface area contributed by atoms with Gasteiger partial charge in [-0.2, -0.15) is 18.4 Å². The van der Waals surface area contributed by atoms with Crippen LogP contribution in [0.4, 0.5) is 24.8 Å². The lowest BCUT2D eigenvalue weighted by Gasteiger charge is -2.19. The fraction of sp³-hybridized carbons (Fsp3) is 0.382. The van der Waals surface area contributed by atoms with Crippen LogP contribution in [0.5, 0.6) is 0 Å². The Morgan fingerprint density at radius 1 is 1.07 bits per heavy atom. The molecule has 236 valence electrons. The Hall–Kier alpha value is -4.76. The number of alkyl halides is 3. The van der Waals surface area contributed by atoms with E-state index in [-0.39, 0.29) is 23.5 Å². The minimum absolute atomic E-state index is 0.0390. The molecule has 2 aromatic heterocycles. The highest BCUT2D eigenvalue weighted by atomic mass is 19.4. The zero-order chi connectivity index (χ0) is 32.2. The summed E-state index contributed by atoms with van der Waals surface area (Å²) >= 11 is 0. The molecule has 0 bridgehead atoms. The Kier molecular flexibility index (Phi) is 7.31. The van der Waals surface area contributed by atoms with Gasteiger partial charge in [-0.1, -0.05) is 6.92 Å². The monoisotopic (exact) mass is 626 g/mol. The third kappa shape index (κ3) is 5.49. The predicted octanol–water partition coefficient (Wildman–Crippen LogP) is 6.40. The van der Waals surface area contributed by atoms with E-state index in [9.17, 15) is 23.2 Å². The summed E-state index contributed by atoms with van der Waals surface area (Å²) in [6.07, 6.45) is 1.19. The van der Waals surface area contributed by atoms with Crippen LogP contribution >= 0.6 is 0 Å². The van der Waals surface area contributed by atoms with Gasteiger partial charge in [0.2, 0.25) is 0 Å². The van der Waals surface area contributed by atoms with E-state index in [1.165, 1.54) is 23.8 Å². The number of aromatic nitrogens is 4. The van der Waals surface area contributed by atoms with Crippen LogP contribution in [0.3, 0.4) is 0 Å². The molecule has 12 heteroatoms. The van der Waals surface area contributed by atoms with Gasteiger partial charge in [0.1, 0.15) is 18.0 Å². The maximum atomic E-state index is 14.5. The molecule has 2 aliphatic heterocycles. The van der Waals surface area contributed by atoms with Crippen LogP contribution in [0.15, 0.2) is 48.8 Å². The van der Waals surface area contributed by atoms with Gasteiger partial charge >= 0.3 is 6.18 Å². The number of fused-ring (bicyclic) bond motifs is 1. The summed E-state index contributed by atoms with van der Waals surface area (Å²) in [4.78, 5) is 22.2. The second kappa shape index (κ2) is 11.2. The average molecular weight is 627 g/mol. The van der Waals surface area contributed by atoms with Crippen LogP contribution in [0.2, 0.25) is 0 Å². The van der Waals surface area contributed by atoms with Crippen LogP contribution in [-0.2, 0) is 26.3 Å². The largest absolute Gasteiger partial charge is 0.416 e. The Bertz CT molecular complexity index is 1890. The molecule has 0 atom stereocenters. The smallest absolute Gasteiger partial charge is 0.370 e. The fourth-order valence-electron chi connectivity index (χ4n) is 6.73. The van der Waals surface area contributed by atoms with Gasteiger partial charge in [-0.05, 0) is 102 Å². The van der Waals surface area contributed by atoms with Crippen LogP contribution in [-0.4, -0.2) is 50.2 Å². The van der Waals surface area contributed by atoms with E-state index in [0.717, 1.165) is 25.9 Å². The highest BCUT2D eigenvalue weighted by molar-refractivity contribution is 6.10. The standard InChI is InChI=1S/C34H33F3N8O/c1-3-9-39-29-14-23(25-11-21(16-38)4-5-24(25)31-42-40-20-43(31)2)15-30(41-29)45-18-27-26(32(45)46)12-22(13-28(27)34(35,36)37)17-44-10-8-33(19-44)6-7-33/h4-5,11-15,20H,3,6-10,17-19H2,1-2H3,(H,39,41). The molecule has 0 radical (unpaired) electrons. The van der Waals surface area contributed by atoms with Crippen molar-refractivity contribution in [1.29, 1.82) is 5.26 Å². The van der Waals surface area contributed by atoms with Gasteiger partial charge in [-0.25, -0.2) is 4.98 Å². The van der Waals surface area contributed by atoms with Crippen molar-refractivity contribution < 1.29 is 18.0 Å². The van der Waals surface area contributed by atoms with E-state index in [4.69, 9.17) is 4.98 Å². The molecule has 1 N–H and O–H groups in total. The lowest BCUT2D eigenvalue weighted by molar-refractivity contribution is -0.138. The summed E-state index contributed by atoms with van der Waals surface area (Å²) in [6, 6.07) is 13.7. The first-order valence-corrected chi connectivity index (χ1v) is 15.5. The number of nitrogens with zero attached hydrogens (tertiary/aromatic N) is 7. The Balaban J connectivity index is 1.30. The molecule has 3 aliphatic rings. The quantitative estimate of drug-likeness (QED) is 0.241. The van der Waals surface area contributed by atoms with Crippen molar-refractivity contribution in [3.8, 4) is 28.6 Å². The molecule has 46 heavy (non-hydrogen) atoms. The first kappa shape index (κ1) is 29.9. The van der Waals surface area contributed by atoms with E-state index in [0.29, 0.717) is 58.0 Å². The summed E-state index contributed by atoms with van der Waals surface area (Å²) in [7, 11) is 1.81. The number of aryl methyl sites for hydroxylation is 1. The van der Waals surface area contributed by atoms with Gasteiger partial charge in [-0.15, -0.1) is 10.2 Å². The van der Waals surface area contributed by atoms with E-state index >= 15 is 0 Å². The number of nitriles is 1.